The highest BCUT2D eigenvalue weighted by molar-refractivity contribution is 8.00. The van der Waals surface area contributed by atoms with Crippen LogP contribution < -0.4 is 5.32 Å². The average Bonchev–Trinajstić information content (AvgIpc) is 2.71. The standard InChI is InChI=1S/C13H18N2O3S2/c1-9-3-4-12(14-7-9)19-10(2)13(16)15-11-5-6-20(17,18)8-11/h3-4,7,10-11H,5-6,8H2,1-2H3,(H,15,16). The maximum absolute atomic E-state index is 12.0. The zero-order valence-electron chi connectivity index (χ0n) is 11.5. The number of pyridine rings is 1. The molecule has 0 saturated carbocycles. The Morgan fingerprint density at radius 2 is 2.25 bits per heavy atom. The molecule has 2 unspecified atom stereocenters. The summed E-state index contributed by atoms with van der Waals surface area (Å²) in [5.74, 6) is 0.0808. The second-order valence-corrected chi connectivity index (χ2v) is 8.63. The van der Waals surface area contributed by atoms with Crippen LogP contribution in [-0.4, -0.2) is 42.1 Å². The van der Waals surface area contributed by atoms with Gasteiger partial charge in [-0.3, -0.25) is 4.79 Å². The van der Waals surface area contributed by atoms with E-state index in [0.29, 0.717) is 6.42 Å². The number of rotatable bonds is 4. The van der Waals surface area contributed by atoms with Gasteiger partial charge in [-0.05, 0) is 31.9 Å². The average molecular weight is 314 g/mol. The van der Waals surface area contributed by atoms with Gasteiger partial charge < -0.3 is 5.32 Å². The van der Waals surface area contributed by atoms with Crippen molar-refractivity contribution < 1.29 is 13.2 Å². The van der Waals surface area contributed by atoms with E-state index in [1.54, 1.807) is 13.1 Å². The monoisotopic (exact) mass is 314 g/mol. The van der Waals surface area contributed by atoms with Crippen molar-refractivity contribution in [2.45, 2.75) is 36.6 Å². The van der Waals surface area contributed by atoms with Gasteiger partial charge in [-0.15, -0.1) is 0 Å². The number of aryl methyl sites for hydroxylation is 1. The zero-order valence-corrected chi connectivity index (χ0v) is 13.1. The summed E-state index contributed by atoms with van der Waals surface area (Å²) in [6.07, 6.45) is 2.27. The van der Waals surface area contributed by atoms with E-state index in [9.17, 15) is 13.2 Å². The number of nitrogens with zero attached hydrogens (tertiary/aromatic N) is 1. The lowest BCUT2D eigenvalue weighted by Crippen LogP contribution is -2.39. The highest BCUT2D eigenvalue weighted by atomic mass is 32.2. The minimum Gasteiger partial charge on any atom is -0.351 e. The van der Waals surface area contributed by atoms with Crippen molar-refractivity contribution in [1.29, 1.82) is 0 Å². The SMILES string of the molecule is Cc1ccc(SC(C)C(=O)NC2CCS(=O)(=O)C2)nc1. The number of nitrogens with one attached hydrogen (secondary N) is 1. The molecule has 0 aliphatic carbocycles. The molecule has 5 nitrogen and oxygen atoms in total. The first-order valence-electron chi connectivity index (χ1n) is 6.46. The normalized spacial score (nSPS) is 22.4. The fraction of sp³-hybridized carbons (Fsp3) is 0.538. The Morgan fingerprint density at radius 3 is 2.80 bits per heavy atom. The fourth-order valence-corrected chi connectivity index (χ4v) is 4.46. The largest absolute Gasteiger partial charge is 0.351 e. The van der Waals surface area contributed by atoms with Crippen LogP contribution in [0.2, 0.25) is 0 Å². The number of thioether (sulfide) groups is 1. The number of carbonyl (C=O) groups is 1. The highest BCUT2D eigenvalue weighted by Crippen LogP contribution is 2.21. The molecule has 110 valence electrons. The number of carbonyl (C=O) groups excluding carboxylic acids is 1. The number of hydrogen-bond acceptors (Lipinski definition) is 5. The smallest absolute Gasteiger partial charge is 0.233 e. The quantitative estimate of drug-likeness (QED) is 0.844. The predicted molar refractivity (Wildman–Crippen MR) is 79.5 cm³/mol. The third-order valence-electron chi connectivity index (χ3n) is 3.13. The molecule has 1 aliphatic rings. The molecule has 1 amide bonds. The zero-order chi connectivity index (χ0) is 14.8. The van der Waals surface area contributed by atoms with E-state index < -0.39 is 9.84 Å². The number of aromatic nitrogens is 1. The van der Waals surface area contributed by atoms with E-state index in [2.05, 4.69) is 10.3 Å². The molecule has 2 rings (SSSR count). The van der Waals surface area contributed by atoms with Crippen molar-refractivity contribution in [3.8, 4) is 0 Å². The van der Waals surface area contributed by atoms with Crippen LogP contribution in [0.25, 0.3) is 0 Å². The van der Waals surface area contributed by atoms with Crippen molar-refractivity contribution in [3.05, 3.63) is 23.9 Å². The van der Waals surface area contributed by atoms with Gasteiger partial charge in [-0.1, -0.05) is 17.8 Å². The summed E-state index contributed by atoms with van der Waals surface area (Å²) in [5.41, 5.74) is 1.07. The van der Waals surface area contributed by atoms with Crippen molar-refractivity contribution in [2.24, 2.45) is 0 Å². The van der Waals surface area contributed by atoms with Crippen molar-refractivity contribution in [2.75, 3.05) is 11.5 Å². The van der Waals surface area contributed by atoms with Crippen LogP contribution in [0.15, 0.2) is 23.4 Å². The third-order valence-corrected chi connectivity index (χ3v) is 5.95. The van der Waals surface area contributed by atoms with E-state index in [0.717, 1.165) is 10.6 Å². The number of sulfone groups is 1. The number of hydrogen-bond donors (Lipinski definition) is 1. The predicted octanol–water partition coefficient (Wildman–Crippen LogP) is 1.17. The van der Waals surface area contributed by atoms with E-state index in [1.165, 1.54) is 11.8 Å². The van der Waals surface area contributed by atoms with Crippen LogP contribution >= 0.6 is 11.8 Å². The molecule has 2 heterocycles. The summed E-state index contributed by atoms with van der Waals surface area (Å²) in [4.78, 5) is 16.3. The maximum atomic E-state index is 12.0. The molecule has 20 heavy (non-hydrogen) atoms. The summed E-state index contributed by atoms with van der Waals surface area (Å²) < 4.78 is 22.7. The van der Waals surface area contributed by atoms with Gasteiger partial charge in [-0.2, -0.15) is 0 Å². The van der Waals surface area contributed by atoms with Crippen LogP contribution in [0.4, 0.5) is 0 Å². The summed E-state index contributed by atoms with van der Waals surface area (Å²) >= 11 is 1.37. The van der Waals surface area contributed by atoms with Gasteiger partial charge in [0.1, 0.15) is 0 Å². The van der Waals surface area contributed by atoms with E-state index in [4.69, 9.17) is 0 Å². The van der Waals surface area contributed by atoms with Crippen LogP contribution in [0, 0.1) is 6.92 Å². The molecule has 0 aromatic carbocycles. The molecule has 0 spiro atoms. The Bertz CT molecular complexity index is 584. The fourth-order valence-electron chi connectivity index (χ4n) is 1.99. The first-order valence-corrected chi connectivity index (χ1v) is 9.16. The molecule has 0 radical (unpaired) electrons. The summed E-state index contributed by atoms with van der Waals surface area (Å²) in [7, 11) is -2.96. The molecule has 0 bridgehead atoms. The Morgan fingerprint density at radius 1 is 1.50 bits per heavy atom. The van der Waals surface area contributed by atoms with Gasteiger partial charge in [0.25, 0.3) is 0 Å². The molecular formula is C13H18N2O3S2. The van der Waals surface area contributed by atoms with Crippen LogP contribution in [-0.2, 0) is 14.6 Å². The topological polar surface area (TPSA) is 76.1 Å². The van der Waals surface area contributed by atoms with Crippen molar-refractivity contribution in [1.82, 2.24) is 10.3 Å². The van der Waals surface area contributed by atoms with Crippen molar-refractivity contribution >= 4 is 27.5 Å². The Labute approximate surface area is 123 Å². The van der Waals surface area contributed by atoms with Gasteiger partial charge in [0.15, 0.2) is 9.84 Å². The summed E-state index contributed by atoms with van der Waals surface area (Å²) in [6.45, 7) is 3.75. The number of amides is 1. The second kappa shape index (κ2) is 6.13. The van der Waals surface area contributed by atoms with Crippen LogP contribution in [0.5, 0.6) is 0 Å². The van der Waals surface area contributed by atoms with Gasteiger partial charge in [0.2, 0.25) is 5.91 Å². The molecule has 1 N–H and O–H groups in total. The first kappa shape index (κ1) is 15.3. The Kier molecular flexibility index (Phi) is 4.70. The molecular weight excluding hydrogens is 296 g/mol. The Balaban J connectivity index is 1.88. The lowest BCUT2D eigenvalue weighted by Gasteiger charge is -2.15. The molecule has 2 atom stereocenters. The van der Waals surface area contributed by atoms with Gasteiger partial charge in [0.05, 0.1) is 21.8 Å². The van der Waals surface area contributed by atoms with Gasteiger partial charge >= 0.3 is 0 Å². The van der Waals surface area contributed by atoms with E-state index in [-0.39, 0.29) is 28.7 Å². The van der Waals surface area contributed by atoms with Gasteiger partial charge in [-0.25, -0.2) is 13.4 Å². The minimum atomic E-state index is -2.96. The molecule has 7 heteroatoms. The van der Waals surface area contributed by atoms with E-state index in [1.807, 2.05) is 19.1 Å². The second-order valence-electron chi connectivity index (χ2n) is 5.04. The molecule has 1 fully saturated rings. The van der Waals surface area contributed by atoms with Gasteiger partial charge in [0, 0.05) is 12.2 Å². The maximum Gasteiger partial charge on any atom is 0.233 e. The summed E-state index contributed by atoms with van der Waals surface area (Å²) in [6, 6.07) is 3.58. The third kappa shape index (κ3) is 4.21. The molecule has 1 aliphatic heterocycles. The molecule has 1 saturated heterocycles. The van der Waals surface area contributed by atoms with Crippen LogP contribution in [0.3, 0.4) is 0 Å². The lowest BCUT2D eigenvalue weighted by molar-refractivity contribution is -0.120. The lowest BCUT2D eigenvalue weighted by atomic mass is 10.2. The molecule has 1 aromatic heterocycles. The molecule has 1 aromatic rings. The minimum absolute atomic E-state index is 0.0545. The van der Waals surface area contributed by atoms with Crippen LogP contribution in [0.1, 0.15) is 18.9 Å². The first-order chi connectivity index (χ1) is 9.35. The Hall–Kier alpha value is -1.08. The summed E-state index contributed by atoms with van der Waals surface area (Å²) in [5, 5.41) is 3.29. The van der Waals surface area contributed by atoms with Crippen molar-refractivity contribution in [3.63, 3.8) is 0 Å². The highest BCUT2D eigenvalue weighted by Gasteiger charge is 2.30. The van der Waals surface area contributed by atoms with E-state index >= 15 is 0 Å².